The fraction of sp³-hybridized carbons (Fsp3) is 0.429. The second-order valence-corrected chi connectivity index (χ2v) is 6.55. The van der Waals surface area contributed by atoms with Gasteiger partial charge in [-0.2, -0.15) is 5.26 Å². The van der Waals surface area contributed by atoms with E-state index in [9.17, 15) is 13.2 Å². The van der Waals surface area contributed by atoms with Gasteiger partial charge in [-0.1, -0.05) is 18.2 Å². The van der Waals surface area contributed by atoms with Crippen molar-refractivity contribution in [3.63, 3.8) is 0 Å². The van der Waals surface area contributed by atoms with Gasteiger partial charge < -0.3 is 4.74 Å². The number of nitrogens with zero attached hydrogens (tertiary/aromatic N) is 1. The number of carbonyl (C=O) groups is 1. The molecule has 0 aliphatic heterocycles. The van der Waals surface area contributed by atoms with Gasteiger partial charge in [0, 0.05) is 6.61 Å². The van der Waals surface area contributed by atoms with Gasteiger partial charge in [0.1, 0.15) is 0 Å². The van der Waals surface area contributed by atoms with Crippen molar-refractivity contribution < 1.29 is 17.9 Å². The predicted molar refractivity (Wildman–Crippen MR) is 75.4 cm³/mol. The molecule has 6 nitrogen and oxygen atoms in total. The first kappa shape index (κ1) is 15.5. The van der Waals surface area contributed by atoms with Crippen LogP contribution in [0.1, 0.15) is 24.5 Å². The maximum atomic E-state index is 12.0. The number of rotatable bonds is 6. The lowest BCUT2D eigenvalue weighted by molar-refractivity contribution is -0.121. The van der Waals surface area contributed by atoms with Gasteiger partial charge >= 0.3 is 0 Å². The zero-order valence-corrected chi connectivity index (χ0v) is 12.4. The SMILES string of the molecule is CCO[C@@H]1C[C@H]1C(=O)NS(=O)(=O)Cc1ccccc1C#N. The highest BCUT2D eigenvalue weighted by Gasteiger charge is 2.45. The number of carbonyl (C=O) groups excluding carboxylic acids is 1. The third-order valence-corrected chi connectivity index (χ3v) is 4.39. The van der Waals surface area contributed by atoms with Crippen LogP contribution in [-0.4, -0.2) is 27.0 Å². The summed E-state index contributed by atoms with van der Waals surface area (Å²) < 4.78 is 31.3. The summed E-state index contributed by atoms with van der Waals surface area (Å²) in [5.74, 6) is -1.33. The highest BCUT2D eigenvalue weighted by molar-refractivity contribution is 7.89. The lowest BCUT2D eigenvalue weighted by Crippen LogP contribution is -2.33. The molecule has 0 radical (unpaired) electrons. The van der Waals surface area contributed by atoms with Crippen LogP contribution in [0, 0.1) is 17.2 Å². The van der Waals surface area contributed by atoms with Gasteiger partial charge in [0.2, 0.25) is 15.9 Å². The van der Waals surface area contributed by atoms with Gasteiger partial charge in [-0.15, -0.1) is 0 Å². The molecule has 1 N–H and O–H groups in total. The largest absolute Gasteiger partial charge is 0.378 e. The number of hydrogen-bond acceptors (Lipinski definition) is 5. The molecule has 0 bridgehead atoms. The van der Waals surface area contributed by atoms with E-state index in [1.807, 2.05) is 13.0 Å². The Hall–Kier alpha value is -1.91. The Balaban J connectivity index is 2.00. The second-order valence-electron chi connectivity index (χ2n) is 4.83. The molecule has 1 amide bonds. The molecule has 0 unspecified atom stereocenters. The van der Waals surface area contributed by atoms with E-state index >= 15 is 0 Å². The van der Waals surface area contributed by atoms with Crippen LogP contribution >= 0.6 is 0 Å². The molecule has 7 heteroatoms. The maximum absolute atomic E-state index is 12.0. The maximum Gasteiger partial charge on any atom is 0.239 e. The molecular formula is C14H16N2O4S. The van der Waals surface area contributed by atoms with Crippen LogP contribution < -0.4 is 4.72 Å². The van der Waals surface area contributed by atoms with Crippen molar-refractivity contribution in [2.45, 2.75) is 25.2 Å². The van der Waals surface area contributed by atoms with Crippen LogP contribution in [-0.2, 0) is 25.3 Å². The van der Waals surface area contributed by atoms with Gasteiger partial charge in [-0.3, -0.25) is 9.52 Å². The summed E-state index contributed by atoms with van der Waals surface area (Å²) in [5.41, 5.74) is 0.659. The Labute approximate surface area is 123 Å². The predicted octanol–water partition coefficient (Wildman–Crippen LogP) is 0.929. The summed E-state index contributed by atoms with van der Waals surface area (Å²) in [6.07, 6.45) is 0.362. The molecule has 0 aromatic heterocycles. The molecule has 1 aromatic carbocycles. The van der Waals surface area contributed by atoms with E-state index in [4.69, 9.17) is 10.00 Å². The van der Waals surface area contributed by atoms with Gasteiger partial charge in [0.15, 0.2) is 0 Å². The zero-order valence-electron chi connectivity index (χ0n) is 11.6. The standard InChI is InChI=1S/C14H16N2O4S/c1-2-20-13-7-12(13)14(17)16-21(18,19)9-11-6-4-3-5-10(11)8-15/h3-6,12-13H,2,7,9H2,1H3,(H,16,17)/t12-,13-/m1/s1. The number of hydrogen-bond donors (Lipinski definition) is 1. The van der Waals surface area contributed by atoms with Crippen molar-refractivity contribution in [3.8, 4) is 6.07 Å². The van der Waals surface area contributed by atoms with Crippen molar-refractivity contribution in [3.05, 3.63) is 35.4 Å². The van der Waals surface area contributed by atoms with Crippen molar-refractivity contribution >= 4 is 15.9 Å². The summed E-state index contributed by atoms with van der Waals surface area (Å²) in [6, 6.07) is 8.34. The molecule has 2 rings (SSSR count). The number of ether oxygens (including phenoxy) is 1. The summed E-state index contributed by atoms with van der Waals surface area (Å²) >= 11 is 0. The average molecular weight is 308 g/mol. The molecular weight excluding hydrogens is 292 g/mol. The quantitative estimate of drug-likeness (QED) is 0.843. The molecule has 1 fully saturated rings. The summed E-state index contributed by atoms with van der Waals surface area (Å²) in [5, 5.41) is 8.94. The molecule has 1 saturated carbocycles. The molecule has 0 heterocycles. The van der Waals surface area contributed by atoms with Crippen molar-refractivity contribution in [1.82, 2.24) is 4.72 Å². The summed E-state index contributed by atoms with van der Waals surface area (Å²) in [7, 11) is -3.82. The van der Waals surface area contributed by atoms with E-state index < -0.39 is 27.6 Å². The molecule has 21 heavy (non-hydrogen) atoms. The van der Waals surface area contributed by atoms with E-state index in [-0.39, 0.29) is 11.7 Å². The summed E-state index contributed by atoms with van der Waals surface area (Å²) in [6.45, 7) is 2.32. The minimum atomic E-state index is -3.82. The Morgan fingerprint density at radius 2 is 2.19 bits per heavy atom. The lowest BCUT2D eigenvalue weighted by Gasteiger charge is -2.08. The van der Waals surface area contributed by atoms with Gasteiger partial charge in [0.05, 0.1) is 29.4 Å². The second kappa shape index (κ2) is 6.24. The van der Waals surface area contributed by atoms with Crippen LogP contribution in [0.15, 0.2) is 24.3 Å². The minimum absolute atomic E-state index is 0.184. The number of sulfonamides is 1. The smallest absolute Gasteiger partial charge is 0.239 e. The number of nitrogens with one attached hydrogen (secondary N) is 1. The van der Waals surface area contributed by atoms with E-state index in [1.54, 1.807) is 24.3 Å². The van der Waals surface area contributed by atoms with Crippen molar-refractivity contribution in [2.75, 3.05) is 6.61 Å². The van der Waals surface area contributed by atoms with Crippen LogP contribution in [0.3, 0.4) is 0 Å². The number of nitriles is 1. The van der Waals surface area contributed by atoms with Gasteiger partial charge in [-0.05, 0) is 25.0 Å². The highest BCUT2D eigenvalue weighted by atomic mass is 32.2. The van der Waals surface area contributed by atoms with Crippen LogP contribution in [0.5, 0.6) is 0 Å². The topological polar surface area (TPSA) is 96.3 Å². The number of amides is 1. The van der Waals surface area contributed by atoms with E-state index in [0.29, 0.717) is 18.6 Å². The van der Waals surface area contributed by atoms with E-state index in [2.05, 4.69) is 4.72 Å². The van der Waals surface area contributed by atoms with Crippen molar-refractivity contribution in [1.29, 1.82) is 5.26 Å². The monoisotopic (exact) mass is 308 g/mol. The Morgan fingerprint density at radius 1 is 1.48 bits per heavy atom. The first-order valence-electron chi connectivity index (χ1n) is 6.60. The Bertz CT molecular complexity index is 678. The minimum Gasteiger partial charge on any atom is -0.378 e. The van der Waals surface area contributed by atoms with Crippen LogP contribution in [0.4, 0.5) is 0 Å². The van der Waals surface area contributed by atoms with Crippen LogP contribution in [0.25, 0.3) is 0 Å². The van der Waals surface area contributed by atoms with Gasteiger partial charge in [0.25, 0.3) is 0 Å². The molecule has 1 aliphatic rings. The Kier molecular flexibility index (Phi) is 4.60. The first-order chi connectivity index (χ1) is 9.96. The lowest BCUT2D eigenvalue weighted by atomic mass is 10.1. The molecule has 2 atom stereocenters. The highest BCUT2D eigenvalue weighted by Crippen LogP contribution is 2.33. The third kappa shape index (κ3) is 4.03. The number of benzene rings is 1. The Morgan fingerprint density at radius 3 is 2.86 bits per heavy atom. The third-order valence-electron chi connectivity index (χ3n) is 3.19. The summed E-state index contributed by atoms with van der Waals surface area (Å²) in [4.78, 5) is 11.8. The fourth-order valence-electron chi connectivity index (χ4n) is 2.07. The average Bonchev–Trinajstić information content (AvgIpc) is 3.18. The molecule has 0 spiro atoms. The molecule has 1 aliphatic carbocycles. The molecule has 112 valence electrons. The van der Waals surface area contributed by atoms with Crippen LogP contribution in [0.2, 0.25) is 0 Å². The van der Waals surface area contributed by atoms with Gasteiger partial charge in [-0.25, -0.2) is 8.42 Å². The molecule has 0 saturated heterocycles. The normalized spacial score (nSPS) is 20.6. The molecule has 1 aromatic rings. The fourth-order valence-corrected chi connectivity index (χ4v) is 3.26. The van der Waals surface area contributed by atoms with Crippen molar-refractivity contribution in [2.24, 2.45) is 5.92 Å². The zero-order chi connectivity index (χ0) is 15.5. The van der Waals surface area contributed by atoms with E-state index in [0.717, 1.165) is 0 Å². The first-order valence-corrected chi connectivity index (χ1v) is 8.26. The van der Waals surface area contributed by atoms with E-state index in [1.165, 1.54) is 0 Å².